The first-order valence-electron chi connectivity index (χ1n) is 14.6. The molecule has 1 fully saturated rings. The van der Waals surface area contributed by atoms with Crippen molar-refractivity contribution in [3.63, 3.8) is 0 Å². The maximum atomic E-state index is 13.3. The summed E-state index contributed by atoms with van der Waals surface area (Å²) in [6.45, 7) is 3.25. The third-order valence-electron chi connectivity index (χ3n) is 8.15. The van der Waals surface area contributed by atoms with Crippen LogP contribution in [0.1, 0.15) is 25.0 Å². The van der Waals surface area contributed by atoms with E-state index < -0.39 is 6.61 Å². The number of aliphatic imine (C=N–C) groups is 1. The Kier molecular flexibility index (Phi) is 8.33. The molecule has 13 heteroatoms. The number of nitrogens with zero attached hydrogens (tertiary/aromatic N) is 7. The summed E-state index contributed by atoms with van der Waals surface area (Å²) in [5, 5.41) is 0.486. The number of benzene rings is 2. The second-order valence-corrected chi connectivity index (χ2v) is 11.1. The van der Waals surface area contributed by atoms with Crippen LogP contribution in [0.25, 0.3) is 22.0 Å². The van der Waals surface area contributed by atoms with Gasteiger partial charge in [0, 0.05) is 69.4 Å². The van der Waals surface area contributed by atoms with Crippen LogP contribution < -0.4 is 15.2 Å². The molecule has 1 saturated heterocycles. The molecule has 234 valence electrons. The van der Waals surface area contributed by atoms with Crippen molar-refractivity contribution in [1.82, 2.24) is 24.2 Å². The molecule has 1 amide bonds. The van der Waals surface area contributed by atoms with Crippen LogP contribution in [-0.2, 0) is 29.7 Å². The molecular formula is C32H33F2N7O4. The number of fused-ring (bicyclic) bond motifs is 1. The fraction of sp³-hybridized carbons (Fsp3) is 0.344. The number of anilines is 1. The fourth-order valence-electron chi connectivity index (χ4n) is 5.80. The summed E-state index contributed by atoms with van der Waals surface area (Å²) in [6.07, 6.45) is 6.93. The van der Waals surface area contributed by atoms with Gasteiger partial charge in [0.2, 0.25) is 11.9 Å². The number of aromatic nitrogens is 4. The molecule has 0 unspecified atom stereocenters. The van der Waals surface area contributed by atoms with Gasteiger partial charge in [0.1, 0.15) is 18.1 Å². The van der Waals surface area contributed by atoms with Crippen LogP contribution in [-0.4, -0.2) is 75.2 Å². The minimum atomic E-state index is -3.01. The van der Waals surface area contributed by atoms with E-state index in [9.17, 15) is 18.4 Å². The first-order chi connectivity index (χ1) is 21.7. The van der Waals surface area contributed by atoms with E-state index in [1.165, 1.54) is 10.7 Å². The Bertz CT molecular complexity index is 1850. The number of carbonyl (C=O) groups excluding carboxylic acids is 1. The third-order valence-corrected chi connectivity index (χ3v) is 8.15. The van der Waals surface area contributed by atoms with Gasteiger partial charge in [-0.25, -0.2) is 9.97 Å². The Morgan fingerprint density at radius 3 is 2.58 bits per heavy atom. The Hall–Kier alpha value is -5.07. The summed E-state index contributed by atoms with van der Waals surface area (Å²) < 4.78 is 40.5. The number of halogens is 2. The molecule has 2 aliphatic rings. The van der Waals surface area contributed by atoms with Crippen LogP contribution in [0.15, 0.2) is 70.4 Å². The number of alkyl halides is 2. The van der Waals surface area contributed by atoms with Crippen molar-refractivity contribution in [1.29, 1.82) is 0 Å². The molecule has 6 rings (SSSR count). The van der Waals surface area contributed by atoms with Crippen molar-refractivity contribution in [2.24, 2.45) is 12.0 Å². The van der Waals surface area contributed by atoms with Crippen molar-refractivity contribution >= 4 is 29.0 Å². The lowest BCUT2D eigenvalue weighted by atomic mass is 10.1. The first-order valence-corrected chi connectivity index (χ1v) is 14.6. The maximum absolute atomic E-state index is 13.3. The van der Waals surface area contributed by atoms with Gasteiger partial charge in [-0.05, 0) is 48.4 Å². The molecule has 4 aromatic rings. The van der Waals surface area contributed by atoms with E-state index in [0.29, 0.717) is 48.6 Å². The number of rotatable bonds is 9. The van der Waals surface area contributed by atoms with Gasteiger partial charge in [0.25, 0.3) is 5.56 Å². The van der Waals surface area contributed by atoms with Gasteiger partial charge in [0.05, 0.1) is 24.0 Å². The summed E-state index contributed by atoms with van der Waals surface area (Å²) in [5.74, 6) is 1.38. The van der Waals surface area contributed by atoms with Crippen molar-refractivity contribution < 1.29 is 23.0 Å². The third kappa shape index (κ3) is 6.28. The lowest BCUT2D eigenvalue weighted by Gasteiger charge is -2.39. The predicted octanol–water partition coefficient (Wildman–Crippen LogP) is 3.99. The van der Waals surface area contributed by atoms with Crippen molar-refractivity contribution in [2.45, 2.75) is 39.7 Å². The summed E-state index contributed by atoms with van der Waals surface area (Å²) in [4.78, 5) is 42.2. The van der Waals surface area contributed by atoms with E-state index in [4.69, 9.17) is 9.47 Å². The second kappa shape index (κ2) is 12.5. The van der Waals surface area contributed by atoms with Gasteiger partial charge in [0.15, 0.2) is 0 Å². The molecule has 1 atom stereocenters. The molecule has 45 heavy (non-hydrogen) atoms. The molecule has 0 saturated carbocycles. The van der Waals surface area contributed by atoms with E-state index in [0.717, 1.165) is 22.4 Å². The number of carbonyl (C=O) groups is 1. The zero-order chi connectivity index (χ0) is 31.7. The minimum absolute atomic E-state index is 0.0186. The monoisotopic (exact) mass is 617 g/mol. The molecule has 2 aromatic heterocycles. The largest absolute Gasteiger partial charge is 0.491 e. The summed E-state index contributed by atoms with van der Waals surface area (Å²) in [5.41, 5.74) is 3.18. The molecule has 4 heterocycles. The Morgan fingerprint density at radius 2 is 1.89 bits per heavy atom. The zero-order valence-corrected chi connectivity index (χ0v) is 25.2. The normalized spacial score (nSPS) is 16.5. The first kappa shape index (κ1) is 30.0. The number of allylic oxidation sites excluding steroid dienone is 1. The standard InChI is InChI=1S/C32H33F2N7O4/c1-20-17-39(10-11-40(20)21(2)42)32-36-14-25(15-37-32)23-5-6-27-28(13-23)41(38(3)30(27)43)18-24-12-22(4-7-29(24)45-31(33)34)19-44-26-8-9-35-16-26/h4-9,12-15,20,31H,10-11,16-19H2,1-3H3/t20-/m1/s1. The van der Waals surface area contributed by atoms with Crippen LogP contribution in [0.4, 0.5) is 14.7 Å². The molecule has 0 bridgehead atoms. The molecular weight excluding hydrogens is 584 g/mol. The number of ether oxygens (including phenoxy) is 2. The minimum Gasteiger partial charge on any atom is -0.491 e. The molecule has 2 aromatic carbocycles. The van der Waals surface area contributed by atoms with Crippen molar-refractivity contribution in [2.75, 3.05) is 31.1 Å². The summed E-state index contributed by atoms with van der Waals surface area (Å²) >= 11 is 0. The van der Waals surface area contributed by atoms with Gasteiger partial charge in [-0.1, -0.05) is 12.1 Å². The van der Waals surface area contributed by atoms with Crippen LogP contribution in [0, 0.1) is 0 Å². The number of hydrogen-bond acceptors (Lipinski definition) is 8. The quantitative estimate of drug-likeness (QED) is 0.280. The fourth-order valence-corrected chi connectivity index (χ4v) is 5.80. The molecule has 11 nitrogen and oxygen atoms in total. The van der Waals surface area contributed by atoms with Crippen LogP contribution in [0.2, 0.25) is 0 Å². The van der Waals surface area contributed by atoms with E-state index in [-0.39, 0.29) is 36.4 Å². The summed E-state index contributed by atoms with van der Waals surface area (Å²) in [7, 11) is 1.64. The van der Waals surface area contributed by atoms with Crippen molar-refractivity contribution in [3.05, 3.63) is 82.1 Å². The maximum Gasteiger partial charge on any atom is 0.387 e. The average Bonchev–Trinajstić information content (AvgIpc) is 3.63. The molecule has 0 aliphatic carbocycles. The molecule has 0 N–H and O–H groups in total. The Morgan fingerprint density at radius 1 is 1.09 bits per heavy atom. The van der Waals surface area contributed by atoms with Crippen molar-refractivity contribution in [3.8, 4) is 16.9 Å². The molecule has 0 spiro atoms. The highest BCUT2D eigenvalue weighted by Crippen LogP contribution is 2.28. The van der Waals surface area contributed by atoms with Crippen LogP contribution in [0.3, 0.4) is 0 Å². The van der Waals surface area contributed by atoms with E-state index in [1.807, 2.05) is 24.0 Å². The topological polar surface area (TPSA) is 107 Å². The van der Waals surface area contributed by atoms with Gasteiger partial charge in [-0.15, -0.1) is 0 Å². The second-order valence-electron chi connectivity index (χ2n) is 11.1. The predicted molar refractivity (Wildman–Crippen MR) is 166 cm³/mol. The average molecular weight is 618 g/mol. The zero-order valence-electron chi connectivity index (χ0n) is 25.2. The Balaban J connectivity index is 1.28. The van der Waals surface area contributed by atoms with E-state index in [1.54, 1.807) is 61.5 Å². The lowest BCUT2D eigenvalue weighted by Crippen LogP contribution is -2.53. The summed E-state index contributed by atoms with van der Waals surface area (Å²) in [6, 6.07) is 10.4. The van der Waals surface area contributed by atoms with Gasteiger partial charge in [-0.3, -0.25) is 23.9 Å². The number of piperazine rings is 1. The van der Waals surface area contributed by atoms with Gasteiger partial charge < -0.3 is 19.3 Å². The van der Waals surface area contributed by atoms with E-state index >= 15 is 0 Å². The highest BCUT2D eigenvalue weighted by atomic mass is 19.3. The smallest absolute Gasteiger partial charge is 0.387 e. The molecule has 2 aliphatic heterocycles. The van der Waals surface area contributed by atoms with Crippen LogP contribution in [0.5, 0.6) is 5.75 Å². The lowest BCUT2D eigenvalue weighted by molar-refractivity contribution is -0.131. The highest BCUT2D eigenvalue weighted by molar-refractivity contribution is 5.84. The van der Waals surface area contributed by atoms with Gasteiger partial charge >= 0.3 is 6.61 Å². The number of amides is 1. The van der Waals surface area contributed by atoms with E-state index in [2.05, 4.69) is 19.9 Å². The highest BCUT2D eigenvalue weighted by Gasteiger charge is 2.26. The SMILES string of the molecule is CC(=O)N1CCN(c2ncc(-c3ccc4c(=O)n(C)n(Cc5cc(COC6=CC=NC6)ccc5OC(F)F)c4c3)cn2)C[C@H]1C. The van der Waals surface area contributed by atoms with Gasteiger partial charge in [-0.2, -0.15) is 8.78 Å². The Labute approximate surface area is 258 Å². The van der Waals surface area contributed by atoms with Crippen LogP contribution >= 0.6 is 0 Å². The molecule has 0 radical (unpaired) electrons. The number of hydrogen-bond donors (Lipinski definition) is 0.